The second kappa shape index (κ2) is 8.70. The molecule has 0 aliphatic carbocycles. The second-order valence-electron chi connectivity index (χ2n) is 8.14. The van der Waals surface area contributed by atoms with Gasteiger partial charge in [-0.25, -0.2) is 13.7 Å². The highest BCUT2D eigenvalue weighted by atomic mass is 19.2. The number of piperidine rings is 1. The van der Waals surface area contributed by atoms with Crippen molar-refractivity contribution in [2.24, 2.45) is 0 Å². The summed E-state index contributed by atoms with van der Waals surface area (Å²) in [4.78, 5) is 32.0. The third kappa shape index (κ3) is 3.86. The van der Waals surface area contributed by atoms with Gasteiger partial charge in [0.15, 0.2) is 11.6 Å². The molecular formula is C24H25F2N3O3. The van der Waals surface area contributed by atoms with Crippen molar-refractivity contribution in [2.75, 3.05) is 39.2 Å². The third-order valence-electron chi connectivity index (χ3n) is 6.19. The lowest BCUT2D eigenvalue weighted by molar-refractivity contribution is -0.120. The first-order valence-electron chi connectivity index (χ1n) is 10.5. The highest BCUT2D eigenvalue weighted by molar-refractivity contribution is 6.45. The van der Waals surface area contributed by atoms with Crippen molar-refractivity contribution >= 4 is 23.1 Å². The molecule has 2 heterocycles. The molecule has 4 rings (SSSR count). The third-order valence-corrected chi connectivity index (χ3v) is 6.19. The molecule has 6 nitrogen and oxygen atoms in total. The number of hydrogen-bond donors (Lipinski definition) is 0. The maximum Gasteiger partial charge on any atom is 0.282 e. The van der Waals surface area contributed by atoms with Crippen LogP contribution < -0.4 is 9.64 Å². The minimum Gasteiger partial charge on any atom is -0.497 e. The van der Waals surface area contributed by atoms with Crippen molar-refractivity contribution < 1.29 is 23.1 Å². The van der Waals surface area contributed by atoms with Crippen LogP contribution in [0.15, 0.2) is 48.2 Å². The molecule has 0 N–H and O–H groups in total. The highest BCUT2D eigenvalue weighted by Crippen LogP contribution is 2.37. The Hall–Kier alpha value is -3.26. The van der Waals surface area contributed by atoms with Crippen LogP contribution >= 0.6 is 0 Å². The summed E-state index contributed by atoms with van der Waals surface area (Å²) in [6, 6.07) is 9.97. The highest BCUT2D eigenvalue weighted by Gasteiger charge is 2.43. The fourth-order valence-electron chi connectivity index (χ4n) is 4.29. The Labute approximate surface area is 185 Å². The summed E-state index contributed by atoms with van der Waals surface area (Å²) in [6.45, 7) is 1.77. The fourth-order valence-corrected chi connectivity index (χ4v) is 4.29. The van der Waals surface area contributed by atoms with E-state index in [1.54, 1.807) is 31.4 Å². The van der Waals surface area contributed by atoms with Crippen LogP contribution in [0.3, 0.4) is 0 Å². The van der Waals surface area contributed by atoms with Gasteiger partial charge in [-0.15, -0.1) is 0 Å². The largest absolute Gasteiger partial charge is 0.497 e. The number of anilines is 1. The van der Waals surface area contributed by atoms with E-state index in [0.29, 0.717) is 11.3 Å². The monoisotopic (exact) mass is 441 g/mol. The number of benzene rings is 2. The molecule has 2 amide bonds. The van der Waals surface area contributed by atoms with Crippen LogP contribution in [0.1, 0.15) is 18.4 Å². The zero-order valence-corrected chi connectivity index (χ0v) is 18.3. The summed E-state index contributed by atoms with van der Waals surface area (Å²) in [5.74, 6) is -2.66. The zero-order chi connectivity index (χ0) is 23.0. The molecule has 2 aliphatic rings. The fraction of sp³-hybridized carbons (Fsp3) is 0.333. The number of ether oxygens (including phenoxy) is 1. The van der Waals surface area contributed by atoms with Crippen LogP contribution in [0.25, 0.3) is 5.57 Å². The maximum absolute atomic E-state index is 13.9. The topological polar surface area (TPSA) is 53.1 Å². The standard InChI is InChI=1S/C24H25F2N3O3/c1-27-12-10-16(11-13-27)28(2)22-21(15-4-7-18(32-3)8-5-15)23(30)29(24(22)31)17-6-9-19(25)20(26)14-17/h4-9,14,16H,10-13H2,1-3H3. The molecule has 0 aromatic heterocycles. The number of carbonyl (C=O) groups is 2. The van der Waals surface area contributed by atoms with E-state index in [1.165, 1.54) is 6.07 Å². The van der Waals surface area contributed by atoms with Crippen LogP contribution in [-0.2, 0) is 9.59 Å². The lowest BCUT2D eigenvalue weighted by Crippen LogP contribution is -2.43. The molecule has 2 aromatic rings. The predicted molar refractivity (Wildman–Crippen MR) is 117 cm³/mol. The number of halogens is 2. The molecule has 0 unspecified atom stereocenters. The Balaban J connectivity index is 1.78. The molecular weight excluding hydrogens is 416 g/mol. The van der Waals surface area contributed by atoms with E-state index in [-0.39, 0.29) is 23.0 Å². The Bertz CT molecular complexity index is 1080. The molecule has 0 spiro atoms. The number of nitrogens with zero attached hydrogens (tertiary/aromatic N) is 3. The van der Waals surface area contributed by atoms with E-state index < -0.39 is 23.4 Å². The van der Waals surface area contributed by atoms with Crippen molar-refractivity contribution in [1.82, 2.24) is 9.80 Å². The van der Waals surface area contributed by atoms with Gasteiger partial charge in [0, 0.05) is 19.2 Å². The predicted octanol–water partition coefficient (Wildman–Crippen LogP) is 3.28. The summed E-state index contributed by atoms with van der Waals surface area (Å²) in [6.07, 6.45) is 1.69. The van der Waals surface area contributed by atoms with E-state index in [4.69, 9.17) is 4.74 Å². The summed E-state index contributed by atoms with van der Waals surface area (Å²) in [5.41, 5.74) is 1.06. The normalized spacial score (nSPS) is 18.0. The minimum absolute atomic E-state index is 0.00307. The van der Waals surface area contributed by atoms with Gasteiger partial charge in [0.1, 0.15) is 11.4 Å². The molecule has 0 bridgehead atoms. The van der Waals surface area contributed by atoms with Crippen molar-refractivity contribution in [3.63, 3.8) is 0 Å². The number of amides is 2. The van der Waals surface area contributed by atoms with Gasteiger partial charge in [0.2, 0.25) is 0 Å². The van der Waals surface area contributed by atoms with Gasteiger partial charge in [-0.3, -0.25) is 9.59 Å². The number of imide groups is 1. The summed E-state index contributed by atoms with van der Waals surface area (Å²) in [5, 5.41) is 0. The van der Waals surface area contributed by atoms with Crippen LogP contribution in [0.2, 0.25) is 0 Å². The molecule has 0 radical (unpaired) electrons. The molecule has 2 aromatic carbocycles. The van der Waals surface area contributed by atoms with Gasteiger partial charge in [-0.2, -0.15) is 0 Å². The average Bonchev–Trinajstić information content (AvgIpc) is 3.05. The maximum atomic E-state index is 13.9. The molecule has 0 saturated carbocycles. The molecule has 2 aliphatic heterocycles. The molecule has 8 heteroatoms. The van der Waals surface area contributed by atoms with Gasteiger partial charge < -0.3 is 14.5 Å². The number of rotatable bonds is 5. The van der Waals surface area contributed by atoms with Crippen molar-refractivity contribution in [3.05, 3.63) is 65.4 Å². The molecule has 168 valence electrons. The second-order valence-corrected chi connectivity index (χ2v) is 8.14. The Morgan fingerprint density at radius 3 is 2.22 bits per heavy atom. The number of methoxy groups -OCH3 is 1. The number of likely N-dealkylation sites (tertiary alicyclic amines) is 1. The molecule has 0 atom stereocenters. The number of carbonyl (C=O) groups excluding carboxylic acids is 2. The smallest absolute Gasteiger partial charge is 0.282 e. The van der Waals surface area contributed by atoms with E-state index in [9.17, 15) is 18.4 Å². The number of hydrogen-bond acceptors (Lipinski definition) is 5. The van der Waals surface area contributed by atoms with Crippen LogP contribution in [0, 0.1) is 11.6 Å². The molecule has 32 heavy (non-hydrogen) atoms. The Kier molecular flexibility index (Phi) is 5.97. The van der Waals surface area contributed by atoms with Crippen LogP contribution in [0.4, 0.5) is 14.5 Å². The first kappa shape index (κ1) is 22.0. The van der Waals surface area contributed by atoms with E-state index >= 15 is 0 Å². The average molecular weight is 441 g/mol. The summed E-state index contributed by atoms with van der Waals surface area (Å²) >= 11 is 0. The van der Waals surface area contributed by atoms with Gasteiger partial charge in [0.05, 0.1) is 18.4 Å². The van der Waals surface area contributed by atoms with Gasteiger partial charge in [0.25, 0.3) is 11.8 Å². The number of likely N-dealkylation sites (N-methyl/N-ethyl adjacent to an activating group) is 1. The van der Waals surface area contributed by atoms with Crippen molar-refractivity contribution in [3.8, 4) is 5.75 Å². The zero-order valence-electron chi connectivity index (χ0n) is 18.3. The van der Waals surface area contributed by atoms with E-state index in [0.717, 1.165) is 43.0 Å². The molecule has 1 fully saturated rings. The summed E-state index contributed by atoms with van der Waals surface area (Å²) < 4.78 is 32.6. The van der Waals surface area contributed by atoms with Gasteiger partial charge in [-0.05, 0) is 62.8 Å². The minimum atomic E-state index is -1.12. The van der Waals surface area contributed by atoms with E-state index in [2.05, 4.69) is 4.90 Å². The lowest BCUT2D eigenvalue weighted by Gasteiger charge is -2.36. The van der Waals surface area contributed by atoms with Crippen LogP contribution in [-0.4, -0.2) is 62.0 Å². The first-order chi connectivity index (χ1) is 15.3. The lowest BCUT2D eigenvalue weighted by atomic mass is 10.00. The van der Waals surface area contributed by atoms with Gasteiger partial charge >= 0.3 is 0 Å². The Morgan fingerprint density at radius 2 is 1.62 bits per heavy atom. The van der Waals surface area contributed by atoms with Gasteiger partial charge in [-0.1, -0.05) is 12.1 Å². The first-order valence-corrected chi connectivity index (χ1v) is 10.5. The van der Waals surface area contributed by atoms with Crippen molar-refractivity contribution in [2.45, 2.75) is 18.9 Å². The summed E-state index contributed by atoms with van der Waals surface area (Å²) in [7, 11) is 5.41. The van der Waals surface area contributed by atoms with Crippen LogP contribution in [0.5, 0.6) is 5.75 Å². The Morgan fingerprint density at radius 1 is 0.969 bits per heavy atom. The molecule has 1 saturated heterocycles. The quantitative estimate of drug-likeness (QED) is 0.667. The SMILES string of the molecule is COc1ccc(C2=C(N(C)C3CCN(C)CC3)C(=O)N(c3ccc(F)c(F)c3)C2=O)cc1. The van der Waals surface area contributed by atoms with E-state index in [1.807, 2.05) is 19.0 Å². The van der Waals surface area contributed by atoms with Crippen molar-refractivity contribution in [1.29, 1.82) is 0 Å².